The molecule has 0 saturated carbocycles. The Morgan fingerprint density at radius 2 is 1.48 bits per heavy atom. The minimum atomic E-state index is -0.390. The first-order valence-electron chi connectivity index (χ1n) is 7.99. The molecule has 27 heavy (non-hydrogen) atoms. The van der Waals surface area contributed by atoms with Crippen LogP contribution in [-0.2, 0) is 0 Å². The lowest BCUT2D eigenvalue weighted by molar-refractivity contribution is 0.0977. The Labute approximate surface area is 172 Å². The number of aryl methyl sites for hydroxylation is 2. The number of benzene rings is 2. The van der Waals surface area contributed by atoms with Crippen molar-refractivity contribution in [3.05, 3.63) is 45.4 Å². The summed E-state index contributed by atoms with van der Waals surface area (Å²) in [5.74, 6) is 0.804. The summed E-state index contributed by atoms with van der Waals surface area (Å²) in [5.41, 5.74) is 3.20. The third-order valence-corrected chi connectivity index (χ3v) is 4.55. The summed E-state index contributed by atoms with van der Waals surface area (Å²) in [6, 6.07) is 7.07. The standard InChI is InChI=1S/C19H21BrN2O4S/c1-10-6-13(20)7-11(2)16(10)21-19(27)22-18(23)12-8-14(24-3)17(26-5)15(9-12)25-4/h6-9H,1-5H3,(H2,21,22,23,27). The number of carbonyl (C=O) groups is 1. The van der Waals surface area contributed by atoms with Crippen molar-refractivity contribution >= 4 is 44.9 Å². The second-order valence-electron chi connectivity index (χ2n) is 5.74. The molecule has 0 radical (unpaired) electrons. The molecular formula is C19H21BrN2O4S. The molecule has 0 saturated heterocycles. The van der Waals surface area contributed by atoms with Gasteiger partial charge in [0.25, 0.3) is 5.91 Å². The van der Waals surface area contributed by atoms with Gasteiger partial charge in [-0.05, 0) is 61.5 Å². The van der Waals surface area contributed by atoms with Gasteiger partial charge < -0.3 is 19.5 Å². The van der Waals surface area contributed by atoms with E-state index in [2.05, 4.69) is 26.6 Å². The highest BCUT2D eigenvalue weighted by Crippen LogP contribution is 2.38. The number of rotatable bonds is 5. The summed E-state index contributed by atoms with van der Waals surface area (Å²) < 4.78 is 16.8. The highest BCUT2D eigenvalue weighted by atomic mass is 79.9. The normalized spacial score (nSPS) is 10.1. The van der Waals surface area contributed by atoms with Gasteiger partial charge in [-0.2, -0.15) is 0 Å². The average molecular weight is 453 g/mol. The van der Waals surface area contributed by atoms with Crippen molar-refractivity contribution < 1.29 is 19.0 Å². The lowest BCUT2D eigenvalue weighted by Gasteiger charge is -2.16. The fourth-order valence-corrected chi connectivity index (χ4v) is 3.52. The van der Waals surface area contributed by atoms with Gasteiger partial charge in [0.2, 0.25) is 5.75 Å². The van der Waals surface area contributed by atoms with E-state index in [1.54, 1.807) is 12.1 Å². The summed E-state index contributed by atoms with van der Waals surface area (Å²) in [7, 11) is 4.48. The molecule has 0 aliphatic rings. The van der Waals surface area contributed by atoms with Gasteiger partial charge in [-0.1, -0.05) is 15.9 Å². The average Bonchev–Trinajstić information content (AvgIpc) is 2.63. The largest absolute Gasteiger partial charge is 0.493 e. The molecule has 2 aromatic rings. The topological polar surface area (TPSA) is 68.8 Å². The summed E-state index contributed by atoms with van der Waals surface area (Å²) in [6.07, 6.45) is 0. The number of nitrogens with one attached hydrogen (secondary N) is 2. The molecule has 1 amide bonds. The van der Waals surface area contributed by atoms with Crippen LogP contribution in [0.2, 0.25) is 0 Å². The van der Waals surface area contributed by atoms with Crippen LogP contribution >= 0.6 is 28.1 Å². The van der Waals surface area contributed by atoms with Crippen LogP contribution < -0.4 is 24.8 Å². The van der Waals surface area contributed by atoms with Crippen molar-refractivity contribution in [2.75, 3.05) is 26.6 Å². The molecule has 2 aromatic carbocycles. The molecule has 0 aromatic heterocycles. The Kier molecular flexibility index (Phi) is 7.04. The maximum Gasteiger partial charge on any atom is 0.257 e. The summed E-state index contributed by atoms with van der Waals surface area (Å²) >= 11 is 8.75. The zero-order valence-electron chi connectivity index (χ0n) is 15.7. The Morgan fingerprint density at radius 3 is 1.93 bits per heavy atom. The van der Waals surface area contributed by atoms with Gasteiger partial charge in [-0.3, -0.25) is 10.1 Å². The first-order valence-corrected chi connectivity index (χ1v) is 9.19. The van der Waals surface area contributed by atoms with Crippen LogP contribution in [0.5, 0.6) is 17.2 Å². The van der Waals surface area contributed by atoms with E-state index in [1.807, 2.05) is 26.0 Å². The fourth-order valence-electron chi connectivity index (χ4n) is 2.64. The second kappa shape index (κ2) is 9.05. The highest BCUT2D eigenvalue weighted by Gasteiger charge is 2.18. The summed E-state index contributed by atoms with van der Waals surface area (Å²) in [4.78, 5) is 12.6. The van der Waals surface area contributed by atoms with E-state index >= 15 is 0 Å². The number of anilines is 1. The van der Waals surface area contributed by atoms with E-state index in [0.717, 1.165) is 21.3 Å². The Bertz CT molecular complexity index is 838. The van der Waals surface area contributed by atoms with Crippen LogP contribution in [0.25, 0.3) is 0 Å². The number of ether oxygens (including phenoxy) is 3. The van der Waals surface area contributed by atoms with Gasteiger partial charge in [0.15, 0.2) is 16.6 Å². The maximum atomic E-state index is 12.6. The predicted molar refractivity (Wildman–Crippen MR) is 113 cm³/mol. The van der Waals surface area contributed by atoms with Crippen molar-refractivity contribution in [2.24, 2.45) is 0 Å². The first-order chi connectivity index (χ1) is 12.8. The van der Waals surface area contributed by atoms with Crippen molar-refractivity contribution in [2.45, 2.75) is 13.8 Å². The SMILES string of the molecule is COc1cc(C(=O)NC(=S)Nc2c(C)cc(Br)cc2C)cc(OC)c1OC. The minimum absolute atomic E-state index is 0.197. The number of hydrogen-bond donors (Lipinski definition) is 2. The monoisotopic (exact) mass is 452 g/mol. The zero-order chi connectivity index (χ0) is 20.1. The Morgan fingerprint density at radius 1 is 0.963 bits per heavy atom. The molecule has 0 aliphatic carbocycles. The quantitative estimate of drug-likeness (QED) is 0.661. The van der Waals surface area contributed by atoms with E-state index in [4.69, 9.17) is 26.4 Å². The first kappa shape index (κ1) is 21.0. The summed E-state index contributed by atoms with van der Waals surface area (Å²) in [6.45, 7) is 3.92. The number of hydrogen-bond acceptors (Lipinski definition) is 5. The number of halogens is 1. The Balaban J connectivity index is 2.21. The van der Waals surface area contributed by atoms with Crippen LogP contribution in [0.15, 0.2) is 28.7 Å². The van der Waals surface area contributed by atoms with Crippen molar-refractivity contribution in [1.82, 2.24) is 5.32 Å². The molecule has 0 spiro atoms. The van der Waals surface area contributed by atoms with Crippen LogP contribution in [0, 0.1) is 13.8 Å². The van der Waals surface area contributed by atoms with E-state index in [-0.39, 0.29) is 11.0 Å². The van der Waals surface area contributed by atoms with Crippen LogP contribution in [0.4, 0.5) is 5.69 Å². The zero-order valence-corrected chi connectivity index (χ0v) is 18.1. The second-order valence-corrected chi connectivity index (χ2v) is 7.06. The molecule has 0 fully saturated rings. The molecule has 2 N–H and O–H groups in total. The van der Waals surface area contributed by atoms with E-state index in [1.165, 1.54) is 21.3 Å². The van der Waals surface area contributed by atoms with Crippen molar-refractivity contribution in [3.8, 4) is 17.2 Å². The smallest absolute Gasteiger partial charge is 0.257 e. The number of carbonyl (C=O) groups excluding carboxylic acids is 1. The third-order valence-electron chi connectivity index (χ3n) is 3.89. The highest BCUT2D eigenvalue weighted by molar-refractivity contribution is 9.10. The fraction of sp³-hybridized carbons (Fsp3) is 0.263. The molecule has 144 valence electrons. The molecule has 0 bridgehead atoms. The third kappa shape index (κ3) is 4.90. The molecule has 8 heteroatoms. The molecule has 0 heterocycles. The molecule has 0 unspecified atom stereocenters. The van der Waals surface area contributed by atoms with Crippen LogP contribution in [0.1, 0.15) is 21.5 Å². The van der Waals surface area contributed by atoms with E-state index < -0.39 is 0 Å². The molecule has 0 atom stereocenters. The minimum Gasteiger partial charge on any atom is -0.493 e. The van der Waals surface area contributed by atoms with Crippen molar-refractivity contribution in [3.63, 3.8) is 0 Å². The summed E-state index contributed by atoms with van der Waals surface area (Å²) in [5, 5.41) is 5.95. The van der Waals surface area contributed by atoms with Crippen molar-refractivity contribution in [1.29, 1.82) is 0 Å². The molecule has 2 rings (SSSR count). The number of amides is 1. The van der Waals surface area contributed by atoms with Gasteiger partial charge in [0.05, 0.1) is 21.3 Å². The van der Waals surface area contributed by atoms with Crippen LogP contribution in [0.3, 0.4) is 0 Å². The Hall–Kier alpha value is -2.32. The van der Waals surface area contributed by atoms with Gasteiger partial charge >= 0.3 is 0 Å². The molecule has 0 aliphatic heterocycles. The molecule has 6 nitrogen and oxygen atoms in total. The number of thiocarbonyl (C=S) groups is 1. The van der Waals surface area contributed by atoms with E-state index in [9.17, 15) is 4.79 Å². The van der Waals surface area contributed by atoms with Gasteiger partial charge in [-0.15, -0.1) is 0 Å². The van der Waals surface area contributed by atoms with Gasteiger partial charge in [-0.25, -0.2) is 0 Å². The lowest BCUT2D eigenvalue weighted by Crippen LogP contribution is -2.34. The van der Waals surface area contributed by atoms with Gasteiger partial charge in [0.1, 0.15) is 0 Å². The lowest BCUT2D eigenvalue weighted by atomic mass is 10.1. The predicted octanol–water partition coefficient (Wildman–Crippen LogP) is 4.22. The number of methoxy groups -OCH3 is 3. The van der Waals surface area contributed by atoms with Gasteiger partial charge in [0, 0.05) is 15.7 Å². The maximum absolute atomic E-state index is 12.6. The van der Waals surface area contributed by atoms with E-state index in [0.29, 0.717) is 22.8 Å². The van der Waals surface area contributed by atoms with Crippen LogP contribution in [-0.4, -0.2) is 32.3 Å². The molecular weight excluding hydrogens is 432 g/mol.